The van der Waals surface area contributed by atoms with E-state index < -0.39 is 0 Å². The van der Waals surface area contributed by atoms with E-state index in [-0.39, 0.29) is 6.61 Å². The number of anilines is 1. The molecule has 0 aliphatic heterocycles. The van der Waals surface area contributed by atoms with Gasteiger partial charge in [-0.25, -0.2) is 0 Å². The van der Waals surface area contributed by atoms with Gasteiger partial charge in [0.1, 0.15) is 6.07 Å². The summed E-state index contributed by atoms with van der Waals surface area (Å²) < 4.78 is 0. The molecule has 3 nitrogen and oxygen atoms in total. The highest BCUT2D eigenvalue weighted by Gasteiger charge is 2.07. The smallest absolute Gasteiger partial charge is 0.102 e. The predicted molar refractivity (Wildman–Crippen MR) is 81.6 cm³/mol. The molecule has 0 atom stereocenters. The van der Waals surface area contributed by atoms with E-state index in [2.05, 4.69) is 18.3 Å². The molecule has 0 unspecified atom stereocenters. The van der Waals surface area contributed by atoms with Crippen LogP contribution >= 0.6 is 11.8 Å². The number of nitrogens with zero attached hydrogens (tertiary/aromatic N) is 1. The second-order valence-electron chi connectivity index (χ2n) is 4.29. The normalized spacial score (nSPS) is 10.2. The molecule has 1 aromatic carbocycles. The summed E-state index contributed by atoms with van der Waals surface area (Å²) in [4.78, 5) is 1.05. The fourth-order valence-electron chi connectivity index (χ4n) is 1.88. The molecule has 4 heteroatoms. The Morgan fingerprint density at radius 2 is 2.05 bits per heavy atom. The van der Waals surface area contributed by atoms with Crippen molar-refractivity contribution in [2.24, 2.45) is 0 Å². The average Bonchev–Trinajstić information content (AvgIpc) is 2.43. The molecule has 0 fully saturated rings. The van der Waals surface area contributed by atoms with Crippen LogP contribution in [0, 0.1) is 11.3 Å². The van der Waals surface area contributed by atoms with E-state index in [1.807, 2.05) is 18.2 Å². The van der Waals surface area contributed by atoms with Gasteiger partial charge in [0, 0.05) is 18.0 Å². The fraction of sp³-hybridized carbons (Fsp3) is 0.533. The number of thioether (sulfide) groups is 1. The predicted octanol–water partition coefficient (Wildman–Crippen LogP) is 3.63. The van der Waals surface area contributed by atoms with Gasteiger partial charge in [0.2, 0.25) is 0 Å². The summed E-state index contributed by atoms with van der Waals surface area (Å²) in [5, 5.41) is 21.3. The van der Waals surface area contributed by atoms with Crippen LogP contribution in [0.3, 0.4) is 0 Å². The third-order valence-corrected chi connectivity index (χ3v) is 3.78. The fourth-order valence-corrected chi connectivity index (χ4v) is 2.67. The number of aliphatic hydroxyl groups is 1. The van der Waals surface area contributed by atoms with Crippen molar-refractivity contribution in [1.82, 2.24) is 0 Å². The van der Waals surface area contributed by atoms with Crippen molar-refractivity contribution >= 4 is 17.4 Å². The molecular weight excluding hydrogens is 256 g/mol. The maximum absolute atomic E-state index is 9.27. The molecule has 0 heterocycles. The molecule has 0 saturated heterocycles. The Hall–Kier alpha value is -1.18. The van der Waals surface area contributed by atoms with Crippen LogP contribution in [0.25, 0.3) is 0 Å². The lowest BCUT2D eigenvalue weighted by Gasteiger charge is -2.10. The Morgan fingerprint density at radius 3 is 2.74 bits per heavy atom. The van der Waals surface area contributed by atoms with Crippen molar-refractivity contribution in [3.8, 4) is 6.07 Å². The third-order valence-electron chi connectivity index (χ3n) is 2.84. The summed E-state index contributed by atoms with van der Waals surface area (Å²) in [6, 6.07) is 8.25. The van der Waals surface area contributed by atoms with E-state index >= 15 is 0 Å². The van der Waals surface area contributed by atoms with E-state index in [9.17, 15) is 5.26 Å². The van der Waals surface area contributed by atoms with Gasteiger partial charge in [-0.1, -0.05) is 25.8 Å². The molecule has 0 radical (unpaired) electrons. The van der Waals surface area contributed by atoms with Crippen molar-refractivity contribution in [2.45, 2.75) is 37.5 Å². The largest absolute Gasteiger partial charge is 0.396 e. The maximum Gasteiger partial charge on any atom is 0.102 e. The first kappa shape index (κ1) is 15.9. The number of unbranched alkanes of at least 4 members (excludes halogenated alkanes) is 3. The molecule has 0 saturated carbocycles. The Labute approximate surface area is 120 Å². The Morgan fingerprint density at radius 1 is 1.26 bits per heavy atom. The maximum atomic E-state index is 9.27. The van der Waals surface area contributed by atoms with E-state index in [0.29, 0.717) is 0 Å². The van der Waals surface area contributed by atoms with Crippen molar-refractivity contribution in [3.05, 3.63) is 23.8 Å². The topological polar surface area (TPSA) is 56.0 Å². The minimum Gasteiger partial charge on any atom is -0.396 e. The second-order valence-corrected chi connectivity index (χ2v) is 5.59. The average molecular weight is 278 g/mol. The van der Waals surface area contributed by atoms with Crippen LogP contribution in [-0.4, -0.2) is 24.0 Å². The molecule has 1 rings (SSSR count). The highest BCUT2D eigenvalue weighted by Crippen LogP contribution is 2.27. The lowest BCUT2D eigenvalue weighted by molar-refractivity contribution is 0.283. The Kier molecular flexibility index (Phi) is 8.11. The van der Waals surface area contributed by atoms with Crippen molar-refractivity contribution in [2.75, 3.05) is 24.2 Å². The minimum absolute atomic E-state index is 0.280. The van der Waals surface area contributed by atoms with Gasteiger partial charge < -0.3 is 10.4 Å². The Bertz CT molecular complexity index is 415. The highest BCUT2D eigenvalue weighted by molar-refractivity contribution is 7.99. The third kappa shape index (κ3) is 5.54. The number of nitriles is 1. The molecule has 2 N–H and O–H groups in total. The van der Waals surface area contributed by atoms with Crippen LogP contribution in [0.5, 0.6) is 0 Å². The van der Waals surface area contributed by atoms with Gasteiger partial charge in [0.15, 0.2) is 0 Å². The van der Waals surface area contributed by atoms with Crippen LogP contribution in [0.2, 0.25) is 0 Å². The molecule has 104 valence electrons. The van der Waals surface area contributed by atoms with Crippen LogP contribution in [0.4, 0.5) is 5.69 Å². The van der Waals surface area contributed by atoms with Gasteiger partial charge in [-0.05, 0) is 30.7 Å². The first-order valence-corrected chi connectivity index (χ1v) is 7.82. The van der Waals surface area contributed by atoms with Crippen molar-refractivity contribution in [1.29, 1.82) is 5.26 Å². The van der Waals surface area contributed by atoms with Gasteiger partial charge in [-0.15, -0.1) is 11.8 Å². The summed E-state index contributed by atoms with van der Waals surface area (Å²) in [7, 11) is 0. The van der Waals surface area contributed by atoms with E-state index in [1.165, 1.54) is 0 Å². The number of aliphatic hydroxyl groups excluding tert-OH is 1. The molecule has 0 spiro atoms. The summed E-state index contributed by atoms with van der Waals surface area (Å²) >= 11 is 1.70. The van der Waals surface area contributed by atoms with Crippen molar-refractivity contribution in [3.63, 3.8) is 0 Å². The summed E-state index contributed by atoms with van der Waals surface area (Å²) in [5.41, 5.74) is 1.69. The first-order valence-electron chi connectivity index (χ1n) is 6.84. The van der Waals surface area contributed by atoms with Crippen LogP contribution < -0.4 is 5.32 Å². The lowest BCUT2D eigenvalue weighted by Crippen LogP contribution is -2.04. The standard InChI is InChI=1S/C15H22N2OS/c1-2-19-15-9-7-8-14(13(15)12-16)17-10-5-3-4-6-11-18/h7-9,17-18H,2-6,10-11H2,1H3. The molecule has 1 aromatic rings. The van der Waals surface area contributed by atoms with E-state index in [1.54, 1.807) is 11.8 Å². The van der Waals surface area contributed by atoms with Crippen LogP contribution in [0.15, 0.2) is 23.1 Å². The number of hydrogen-bond donors (Lipinski definition) is 2. The van der Waals surface area contributed by atoms with Crippen LogP contribution in [0.1, 0.15) is 38.2 Å². The molecule has 0 aliphatic rings. The molecule has 0 bridgehead atoms. The van der Waals surface area contributed by atoms with Gasteiger partial charge in [0.25, 0.3) is 0 Å². The van der Waals surface area contributed by atoms with Crippen LogP contribution in [-0.2, 0) is 0 Å². The molecule has 0 amide bonds. The van der Waals surface area contributed by atoms with E-state index in [0.717, 1.165) is 54.1 Å². The number of nitrogens with one attached hydrogen (secondary N) is 1. The Balaban J connectivity index is 2.49. The van der Waals surface area contributed by atoms with Gasteiger partial charge in [-0.2, -0.15) is 5.26 Å². The summed E-state index contributed by atoms with van der Waals surface area (Å²) in [6.07, 6.45) is 4.12. The molecule has 19 heavy (non-hydrogen) atoms. The molecular formula is C15H22N2OS. The summed E-state index contributed by atoms with van der Waals surface area (Å²) in [6.45, 7) is 3.25. The molecule has 0 aliphatic carbocycles. The summed E-state index contributed by atoms with van der Waals surface area (Å²) in [5.74, 6) is 0.972. The zero-order valence-corrected chi connectivity index (χ0v) is 12.3. The quantitative estimate of drug-likeness (QED) is 0.535. The minimum atomic E-state index is 0.280. The molecule has 0 aromatic heterocycles. The second kappa shape index (κ2) is 9.71. The van der Waals surface area contributed by atoms with Gasteiger partial charge >= 0.3 is 0 Å². The van der Waals surface area contributed by atoms with Gasteiger partial charge in [0.05, 0.1) is 11.3 Å². The number of hydrogen-bond acceptors (Lipinski definition) is 4. The zero-order chi connectivity index (χ0) is 13.9. The zero-order valence-electron chi connectivity index (χ0n) is 11.5. The van der Waals surface area contributed by atoms with Gasteiger partial charge in [-0.3, -0.25) is 0 Å². The highest BCUT2D eigenvalue weighted by atomic mass is 32.2. The van der Waals surface area contributed by atoms with E-state index in [4.69, 9.17) is 5.11 Å². The lowest BCUT2D eigenvalue weighted by atomic mass is 10.1. The SMILES string of the molecule is CCSc1cccc(NCCCCCCO)c1C#N. The van der Waals surface area contributed by atoms with Crippen molar-refractivity contribution < 1.29 is 5.11 Å². The monoisotopic (exact) mass is 278 g/mol. The number of benzene rings is 1. The first-order chi connectivity index (χ1) is 9.33. The number of rotatable bonds is 9.